The Balaban J connectivity index is 0.952. The van der Waals surface area contributed by atoms with Gasteiger partial charge in [-0.25, -0.2) is 9.97 Å². The van der Waals surface area contributed by atoms with Gasteiger partial charge in [0.2, 0.25) is 0 Å². The molecule has 11 aromatic rings. The lowest BCUT2D eigenvalue weighted by Gasteiger charge is -2.25. The van der Waals surface area contributed by atoms with Gasteiger partial charge in [0.25, 0.3) is 0 Å². The Hall–Kier alpha value is -10.0. The fourth-order valence-electron chi connectivity index (χ4n) is 13.1. The zero-order valence-corrected chi connectivity index (χ0v) is 48.6. The highest BCUT2D eigenvalue weighted by atomic mass is 15.1. The van der Waals surface area contributed by atoms with Crippen LogP contribution in [0.25, 0.3) is 102 Å². The lowest BCUT2D eigenvalue weighted by molar-refractivity contribution is 1.27. The van der Waals surface area contributed by atoms with Crippen LogP contribution in [0.5, 0.6) is 0 Å². The van der Waals surface area contributed by atoms with Gasteiger partial charge in [-0.15, -0.1) is 0 Å². The first-order valence-corrected chi connectivity index (χ1v) is 28.7. The highest BCUT2D eigenvalue weighted by Crippen LogP contribution is 2.43. The van der Waals surface area contributed by atoms with Gasteiger partial charge in [0.05, 0.1) is 22.8 Å². The van der Waals surface area contributed by atoms with Gasteiger partial charge >= 0.3 is 0 Å². The summed E-state index contributed by atoms with van der Waals surface area (Å²) in [7, 11) is 0. The zero-order valence-electron chi connectivity index (χ0n) is 48.6. The van der Waals surface area contributed by atoms with Crippen molar-refractivity contribution in [3.05, 3.63) is 267 Å². The second-order valence-electron chi connectivity index (χ2n) is 22.7. The number of rotatable bonds is 10. The Morgan fingerprint density at radius 1 is 0.289 bits per heavy atom. The molecule has 0 saturated carbocycles. The second kappa shape index (κ2) is 21.5. The highest BCUT2D eigenvalue weighted by molar-refractivity contribution is 6.02. The van der Waals surface area contributed by atoms with Crippen molar-refractivity contribution in [2.75, 3.05) is 10.2 Å². The Bertz CT molecular complexity index is 4410. The van der Waals surface area contributed by atoms with Crippen LogP contribution >= 0.6 is 0 Å². The van der Waals surface area contributed by atoms with Crippen molar-refractivity contribution in [3.63, 3.8) is 0 Å². The molecule has 3 N–H and O–H groups in total. The molecular formula is C77H66N6. The first kappa shape index (κ1) is 52.3. The van der Waals surface area contributed by atoms with Crippen LogP contribution in [-0.2, 0) is 0 Å². The van der Waals surface area contributed by atoms with Gasteiger partial charge < -0.3 is 20.2 Å². The van der Waals surface area contributed by atoms with Gasteiger partial charge in [-0.05, 0) is 238 Å². The van der Waals surface area contributed by atoms with E-state index in [2.05, 4.69) is 301 Å². The molecule has 8 aromatic carbocycles. The summed E-state index contributed by atoms with van der Waals surface area (Å²) in [4.78, 5) is 21.7. The van der Waals surface area contributed by atoms with E-state index in [0.29, 0.717) is 0 Å². The third kappa shape index (κ3) is 9.97. The second-order valence-corrected chi connectivity index (χ2v) is 22.7. The third-order valence-electron chi connectivity index (χ3n) is 16.4. The van der Waals surface area contributed by atoms with E-state index in [1.165, 1.54) is 66.8 Å². The maximum Gasteiger partial charge on any atom is 0.0737 e. The van der Waals surface area contributed by atoms with Crippen molar-refractivity contribution < 1.29 is 0 Å². The van der Waals surface area contributed by atoms with Crippen molar-refractivity contribution >= 4 is 74.8 Å². The Labute approximate surface area is 487 Å². The summed E-state index contributed by atoms with van der Waals surface area (Å²) in [5.74, 6) is 0. The number of H-pyrrole nitrogens is 2. The molecule has 3 aromatic heterocycles. The van der Waals surface area contributed by atoms with Crippen LogP contribution in [0.1, 0.15) is 72.8 Å². The third-order valence-corrected chi connectivity index (χ3v) is 16.4. The Kier molecular flexibility index (Phi) is 13.5. The maximum absolute atomic E-state index is 5.69. The smallest absolute Gasteiger partial charge is 0.0737 e. The summed E-state index contributed by atoms with van der Waals surface area (Å²) in [5, 5.41) is 3.64. The summed E-state index contributed by atoms with van der Waals surface area (Å²) in [6, 6.07) is 69.9. The topological polar surface area (TPSA) is 72.6 Å². The van der Waals surface area contributed by atoms with Gasteiger partial charge in [0.1, 0.15) is 0 Å². The number of benzene rings is 8. The minimum atomic E-state index is 0.882. The van der Waals surface area contributed by atoms with Gasteiger partial charge in [-0.3, -0.25) is 0 Å². The van der Waals surface area contributed by atoms with Crippen LogP contribution in [0.3, 0.4) is 0 Å². The SMILES string of the molecule is Cc1cc(C)c(-c2c3nc(c(-c4c(C)cc(C)cc4C)c4ccc([nH]4)c(-c4c(C)cc(C)cc4C)c4nc(c(-c5ccc(-c6ccc(Nc7ccc(N(c8ccccc8)c8ccccc8)cc7)cc6)cc5)c5ccc2[nH]5)C=C4)C=C3)c(C)c1. The fraction of sp³-hybridized carbons (Fsp3) is 0.117. The largest absolute Gasteiger partial charge is 0.356 e. The van der Waals surface area contributed by atoms with E-state index in [0.717, 1.165) is 112 Å². The number of aromatic amines is 2. The van der Waals surface area contributed by atoms with Gasteiger partial charge in [-0.1, -0.05) is 126 Å². The lowest BCUT2D eigenvalue weighted by Crippen LogP contribution is -2.09. The molecule has 404 valence electrons. The molecule has 8 bridgehead atoms. The van der Waals surface area contributed by atoms with E-state index >= 15 is 0 Å². The molecular weight excluding hydrogens is 1010 g/mol. The Morgan fingerprint density at radius 3 is 0.940 bits per heavy atom. The predicted molar refractivity (Wildman–Crippen MR) is 353 cm³/mol. The molecule has 6 nitrogen and oxygen atoms in total. The number of anilines is 5. The molecule has 5 heterocycles. The normalized spacial score (nSPS) is 11.8. The standard InChI is InChI=1S/C77H66N6/c1-46-40-49(4)71(50(5)41-46)75-65-34-32-63(79-65)74(57-22-20-55(21-23-57)56-24-26-58(27-25-56)78-59-28-30-62(31-29-59)83(60-16-12-10-13-17-60)61-18-14-11-15-19-61)64-33-35-66(80-64)76(72-51(6)42-47(2)43-52(72)7)68-37-39-70(82-68)77(69-38-36-67(75)81-69)73-53(8)44-48(3)45-54(73)9/h10-45,78-79,82H,1-9H3. The lowest BCUT2D eigenvalue weighted by atomic mass is 9.92. The molecule has 83 heavy (non-hydrogen) atoms. The Morgan fingerprint density at radius 2 is 0.578 bits per heavy atom. The number of aryl methyl sites for hydroxylation is 9. The fourth-order valence-corrected chi connectivity index (χ4v) is 13.1. The van der Waals surface area contributed by atoms with E-state index in [4.69, 9.17) is 9.97 Å². The van der Waals surface area contributed by atoms with Crippen molar-refractivity contribution in [3.8, 4) is 55.6 Å². The highest BCUT2D eigenvalue weighted by Gasteiger charge is 2.23. The van der Waals surface area contributed by atoms with Crippen LogP contribution < -0.4 is 10.2 Å². The van der Waals surface area contributed by atoms with Crippen molar-refractivity contribution in [2.24, 2.45) is 0 Å². The zero-order chi connectivity index (χ0) is 57.0. The molecule has 0 fully saturated rings. The number of para-hydroxylation sites is 2. The van der Waals surface area contributed by atoms with Gasteiger partial charge in [0, 0.05) is 72.8 Å². The van der Waals surface area contributed by atoms with Crippen LogP contribution in [0.4, 0.5) is 28.4 Å². The number of aromatic nitrogens is 4. The summed E-state index contributed by atoms with van der Waals surface area (Å²) in [6.07, 6.45) is 8.82. The molecule has 0 spiro atoms. The first-order chi connectivity index (χ1) is 40.3. The van der Waals surface area contributed by atoms with E-state index in [1.807, 2.05) is 0 Å². The van der Waals surface area contributed by atoms with Gasteiger partial charge in [0.15, 0.2) is 0 Å². The van der Waals surface area contributed by atoms with Crippen molar-refractivity contribution in [1.82, 2.24) is 19.9 Å². The maximum atomic E-state index is 5.69. The molecule has 2 aliphatic rings. The minimum Gasteiger partial charge on any atom is -0.356 e. The molecule has 13 rings (SSSR count). The van der Waals surface area contributed by atoms with E-state index in [9.17, 15) is 0 Å². The number of hydrogen-bond donors (Lipinski definition) is 3. The average molecular weight is 1080 g/mol. The molecule has 6 heteroatoms. The minimum absolute atomic E-state index is 0.882. The molecule has 0 saturated heterocycles. The average Bonchev–Trinajstić information content (AvgIpc) is 4.53. The predicted octanol–water partition coefficient (Wildman–Crippen LogP) is 21.0. The summed E-state index contributed by atoms with van der Waals surface area (Å²) in [6.45, 7) is 19.9. The molecule has 0 atom stereocenters. The van der Waals surface area contributed by atoms with Crippen LogP contribution in [0, 0.1) is 62.3 Å². The summed E-state index contributed by atoms with van der Waals surface area (Å²) >= 11 is 0. The van der Waals surface area contributed by atoms with Crippen molar-refractivity contribution in [2.45, 2.75) is 62.3 Å². The molecule has 0 radical (unpaired) electrons. The summed E-state index contributed by atoms with van der Waals surface area (Å²) in [5.41, 5.74) is 34.9. The summed E-state index contributed by atoms with van der Waals surface area (Å²) < 4.78 is 0. The van der Waals surface area contributed by atoms with E-state index in [-0.39, 0.29) is 0 Å². The van der Waals surface area contributed by atoms with E-state index in [1.54, 1.807) is 0 Å². The quantitative estimate of drug-likeness (QED) is 0.128. The van der Waals surface area contributed by atoms with Crippen LogP contribution in [-0.4, -0.2) is 19.9 Å². The molecule has 0 amide bonds. The number of fused-ring (bicyclic) bond motifs is 8. The van der Waals surface area contributed by atoms with E-state index < -0.39 is 0 Å². The first-order valence-electron chi connectivity index (χ1n) is 28.7. The molecule has 2 aliphatic heterocycles. The molecule has 0 unspecified atom stereocenters. The number of nitrogens with one attached hydrogen (secondary N) is 3. The van der Waals surface area contributed by atoms with Gasteiger partial charge in [-0.2, -0.15) is 0 Å². The van der Waals surface area contributed by atoms with Crippen LogP contribution in [0.15, 0.2) is 194 Å². The monoisotopic (exact) mass is 1070 g/mol. The number of nitrogens with zero attached hydrogens (tertiary/aromatic N) is 3. The van der Waals surface area contributed by atoms with Crippen LogP contribution in [0.2, 0.25) is 0 Å². The number of hydrogen-bond acceptors (Lipinski definition) is 4. The van der Waals surface area contributed by atoms with Crippen molar-refractivity contribution in [1.29, 1.82) is 0 Å². The molecule has 0 aliphatic carbocycles.